The van der Waals surface area contributed by atoms with E-state index in [-0.39, 0.29) is 20.6 Å². The fraction of sp³-hybridized carbons (Fsp3) is 0.231. The van der Waals surface area contributed by atoms with Crippen LogP contribution in [-0.2, 0) is 25.6 Å². The van der Waals surface area contributed by atoms with Crippen molar-refractivity contribution in [1.82, 2.24) is 9.55 Å². The number of sulfonamides is 1. The van der Waals surface area contributed by atoms with Crippen molar-refractivity contribution >= 4 is 66.6 Å². The molecule has 0 saturated heterocycles. The molecule has 0 aliphatic heterocycles. The first-order chi connectivity index (χ1) is 17.7. The molecule has 38 heavy (non-hydrogen) atoms. The van der Waals surface area contributed by atoms with E-state index in [9.17, 15) is 22.5 Å². The van der Waals surface area contributed by atoms with Crippen LogP contribution >= 0.6 is 23.2 Å². The molecule has 200 valence electrons. The molecule has 2 aromatic carbocycles. The highest BCUT2D eigenvalue weighted by Gasteiger charge is 2.43. The fourth-order valence-corrected chi connectivity index (χ4v) is 7.25. The van der Waals surface area contributed by atoms with Gasteiger partial charge in [0.25, 0.3) is 10.0 Å². The van der Waals surface area contributed by atoms with E-state index in [0.717, 1.165) is 4.31 Å². The zero-order valence-electron chi connectivity index (χ0n) is 20.9. The zero-order valence-corrected chi connectivity index (χ0v) is 24.1. The molecule has 0 bridgehead atoms. The van der Waals surface area contributed by atoms with Crippen LogP contribution in [0.15, 0.2) is 76.8 Å². The van der Waals surface area contributed by atoms with Gasteiger partial charge in [-0.3, -0.25) is 8.51 Å². The minimum atomic E-state index is -4.43. The highest BCUT2D eigenvalue weighted by molar-refractivity contribution is 7.93. The lowest BCUT2D eigenvalue weighted by atomic mass is 9.86. The van der Waals surface area contributed by atoms with E-state index in [0.29, 0.717) is 21.6 Å². The molecular weight excluding hydrogens is 569 g/mol. The molecule has 0 aliphatic carbocycles. The summed E-state index contributed by atoms with van der Waals surface area (Å²) in [5, 5.41) is 11.1. The molecule has 2 atom stereocenters. The van der Waals surface area contributed by atoms with E-state index in [4.69, 9.17) is 23.2 Å². The van der Waals surface area contributed by atoms with Gasteiger partial charge in [-0.15, -0.1) is 0 Å². The van der Waals surface area contributed by atoms with Crippen molar-refractivity contribution in [2.45, 2.75) is 36.6 Å². The molecule has 1 N–H and O–H groups in total. The molecule has 0 radical (unpaired) electrons. The van der Waals surface area contributed by atoms with Crippen LogP contribution in [0.5, 0.6) is 0 Å². The molecule has 0 spiro atoms. The van der Waals surface area contributed by atoms with Crippen LogP contribution in [0.1, 0.15) is 20.8 Å². The maximum Gasteiger partial charge on any atom is 0.328 e. The summed E-state index contributed by atoms with van der Waals surface area (Å²) in [5.41, 5.74) is -0.126. The number of pyridine rings is 1. The summed E-state index contributed by atoms with van der Waals surface area (Å²) in [6.07, 6.45) is 4.90. The number of anilines is 1. The maximum atomic E-state index is 14.0. The number of halogens is 2. The summed E-state index contributed by atoms with van der Waals surface area (Å²) in [7, 11) is -5.62. The number of nitrogens with zero attached hydrogens (tertiary/aromatic N) is 3. The van der Waals surface area contributed by atoms with Gasteiger partial charge < -0.3 is 9.67 Å². The predicted octanol–water partition coefficient (Wildman–Crippen LogP) is 5.76. The van der Waals surface area contributed by atoms with E-state index in [2.05, 4.69) is 4.98 Å². The van der Waals surface area contributed by atoms with Gasteiger partial charge in [0.05, 0.1) is 16.1 Å². The zero-order chi connectivity index (χ0) is 28.0. The van der Waals surface area contributed by atoms with Crippen LogP contribution in [0.3, 0.4) is 0 Å². The van der Waals surface area contributed by atoms with E-state index in [1.807, 2.05) is 0 Å². The van der Waals surface area contributed by atoms with Crippen molar-refractivity contribution in [2.75, 3.05) is 10.6 Å². The lowest BCUT2D eigenvalue weighted by Crippen LogP contribution is -2.52. The number of carbonyl (C=O) groups is 1. The van der Waals surface area contributed by atoms with Crippen molar-refractivity contribution in [3.63, 3.8) is 0 Å². The van der Waals surface area contributed by atoms with Crippen LogP contribution in [0.4, 0.5) is 5.69 Å². The van der Waals surface area contributed by atoms with Crippen LogP contribution in [0, 0.1) is 5.41 Å². The van der Waals surface area contributed by atoms with Gasteiger partial charge in [0, 0.05) is 49.8 Å². The average molecular weight is 595 g/mol. The second-order valence-corrected chi connectivity index (χ2v) is 13.8. The van der Waals surface area contributed by atoms with Crippen LogP contribution in [0.2, 0.25) is 10.0 Å². The molecule has 4 rings (SSSR count). The third kappa shape index (κ3) is 5.44. The lowest BCUT2D eigenvalue weighted by Gasteiger charge is -2.37. The minimum absolute atomic E-state index is 0.105. The first kappa shape index (κ1) is 28.1. The third-order valence-corrected chi connectivity index (χ3v) is 9.03. The molecule has 0 amide bonds. The van der Waals surface area contributed by atoms with Gasteiger partial charge in [0.1, 0.15) is 11.9 Å². The average Bonchev–Trinajstić information content (AvgIpc) is 3.24. The summed E-state index contributed by atoms with van der Waals surface area (Å²) in [5.74, 6) is -0.767. The summed E-state index contributed by atoms with van der Waals surface area (Å²) in [4.78, 5) is 17.3. The monoisotopic (exact) mass is 593 g/mol. The number of fused-ring (bicyclic) bond motifs is 1. The molecule has 2 heterocycles. The first-order valence-electron chi connectivity index (χ1n) is 11.3. The van der Waals surface area contributed by atoms with Gasteiger partial charge >= 0.3 is 5.97 Å². The highest BCUT2D eigenvalue weighted by Crippen LogP contribution is 2.37. The summed E-state index contributed by atoms with van der Waals surface area (Å²) in [6, 6.07) is 12.4. The smallest absolute Gasteiger partial charge is 0.328 e. The molecule has 4 aromatic rings. The SMILES string of the molecule is CS(=O)c1ccnc(-n2ccc3cc(N(C(C(=O)O)C(C)(C)C)S(=O)(=O)c4cc(Cl)cc(Cl)c4)ccc32)c1. The van der Waals surface area contributed by atoms with Gasteiger partial charge in [-0.2, -0.15) is 0 Å². The number of benzene rings is 2. The molecule has 8 nitrogen and oxygen atoms in total. The van der Waals surface area contributed by atoms with Gasteiger partial charge in [-0.1, -0.05) is 44.0 Å². The number of rotatable bonds is 7. The molecule has 2 unspecified atom stereocenters. The topological polar surface area (TPSA) is 110 Å². The van der Waals surface area contributed by atoms with Gasteiger partial charge in [-0.05, 0) is 60.0 Å². The van der Waals surface area contributed by atoms with Gasteiger partial charge in [0.2, 0.25) is 0 Å². The first-order valence-corrected chi connectivity index (χ1v) is 15.1. The highest BCUT2D eigenvalue weighted by atomic mass is 35.5. The quantitative estimate of drug-likeness (QED) is 0.291. The Bertz CT molecular complexity index is 1660. The van der Waals surface area contributed by atoms with Crippen molar-refractivity contribution in [1.29, 1.82) is 0 Å². The largest absolute Gasteiger partial charge is 0.480 e. The number of aromatic nitrogens is 2. The lowest BCUT2D eigenvalue weighted by molar-refractivity contribution is -0.140. The second-order valence-electron chi connectivity index (χ2n) is 9.75. The minimum Gasteiger partial charge on any atom is -0.480 e. The molecular formula is C26H25Cl2N3O5S2. The third-order valence-electron chi connectivity index (χ3n) is 5.91. The van der Waals surface area contributed by atoms with Crippen molar-refractivity contribution in [2.24, 2.45) is 5.41 Å². The van der Waals surface area contributed by atoms with Crippen LogP contribution in [0.25, 0.3) is 16.7 Å². The number of aliphatic carboxylic acids is 1. The summed E-state index contributed by atoms with van der Waals surface area (Å²) < 4.78 is 42.6. The Morgan fingerprint density at radius 3 is 2.29 bits per heavy atom. The van der Waals surface area contributed by atoms with E-state index >= 15 is 0 Å². The molecule has 12 heteroatoms. The molecule has 0 saturated carbocycles. The predicted molar refractivity (Wildman–Crippen MR) is 150 cm³/mol. The number of carboxylic acid groups (broad SMARTS) is 1. The number of carboxylic acids is 1. The fourth-order valence-electron chi connectivity index (χ4n) is 4.22. The van der Waals surface area contributed by atoms with Crippen molar-refractivity contribution in [3.8, 4) is 5.82 Å². The van der Waals surface area contributed by atoms with Gasteiger partial charge in [0.15, 0.2) is 0 Å². The Balaban J connectivity index is 1.92. The van der Waals surface area contributed by atoms with E-state index in [1.54, 1.807) is 80.4 Å². The Hall–Kier alpha value is -2.92. The normalized spacial score (nSPS) is 13.8. The number of hydrogen-bond acceptors (Lipinski definition) is 5. The Morgan fingerprint density at radius 2 is 1.71 bits per heavy atom. The Labute approximate surface area is 233 Å². The maximum absolute atomic E-state index is 14.0. The van der Waals surface area contributed by atoms with Gasteiger partial charge in [-0.25, -0.2) is 18.2 Å². The Kier molecular flexibility index (Phi) is 7.64. The van der Waals surface area contributed by atoms with Crippen LogP contribution < -0.4 is 4.31 Å². The molecule has 0 fully saturated rings. The van der Waals surface area contributed by atoms with E-state index < -0.39 is 38.2 Å². The summed E-state index contributed by atoms with van der Waals surface area (Å²) >= 11 is 12.2. The van der Waals surface area contributed by atoms with E-state index in [1.165, 1.54) is 18.2 Å². The van der Waals surface area contributed by atoms with Crippen molar-refractivity contribution in [3.05, 3.63) is 77.0 Å². The Morgan fingerprint density at radius 1 is 1.05 bits per heavy atom. The number of hydrogen-bond donors (Lipinski definition) is 1. The summed E-state index contributed by atoms with van der Waals surface area (Å²) in [6.45, 7) is 4.97. The molecule has 2 aromatic heterocycles. The van der Waals surface area contributed by atoms with Crippen LogP contribution in [-0.4, -0.2) is 45.6 Å². The second kappa shape index (κ2) is 10.3. The van der Waals surface area contributed by atoms with Crippen molar-refractivity contribution < 1.29 is 22.5 Å². The standard InChI is InChI=1S/C26H25Cl2N3O5S2/c1-26(2,3)24(25(32)33)31(38(35,36)21-13-17(27)12-18(28)14-21)19-5-6-22-16(11-19)8-10-30(22)23-15-20(37(4)34)7-9-29-23/h5-15,24H,1-4H3,(H,32,33). The molecule has 0 aliphatic rings.